The first-order valence-corrected chi connectivity index (χ1v) is 10.1. The van der Waals surface area contributed by atoms with E-state index in [1.807, 2.05) is 24.1 Å². The number of para-hydroxylation sites is 1. The number of hydrogen-bond donors (Lipinski definition) is 2. The van der Waals surface area contributed by atoms with E-state index >= 15 is 0 Å². The molecule has 3 rings (SSSR count). The number of hydrogen-bond acceptors (Lipinski definition) is 4. The van der Waals surface area contributed by atoms with Gasteiger partial charge in [-0.3, -0.25) is 14.9 Å². The second-order valence-corrected chi connectivity index (χ2v) is 7.88. The molecule has 0 aromatic heterocycles. The second kappa shape index (κ2) is 9.27. The molecule has 1 fully saturated rings. The zero-order valence-corrected chi connectivity index (χ0v) is 17.8. The highest BCUT2D eigenvalue weighted by molar-refractivity contribution is 9.10. The van der Waals surface area contributed by atoms with Gasteiger partial charge in [0.15, 0.2) is 5.11 Å². The van der Waals surface area contributed by atoms with Crippen LogP contribution >= 0.6 is 28.1 Å². The second-order valence-electron chi connectivity index (χ2n) is 6.56. The van der Waals surface area contributed by atoms with E-state index in [2.05, 4.69) is 31.5 Å². The van der Waals surface area contributed by atoms with Crippen LogP contribution in [0.4, 0.5) is 5.69 Å². The molecule has 2 amide bonds. The molecule has 0 saturated carbocycles. The largest absolute Gasteiger partial charge is 0.336 e. The molecule has 0 radical (unpaired) electrons. The first kappa shape index (κ1) is 20.4. The number of benzene rings is 2. The number of piperazine rings is 1. The fraction of sp³-hybridized carbons (Fsp3) is 0.250. The van der Waals surface area contributed by atoms with Gasteiger partial charge in [-0.2, -0.15) is 0 Å². The van der Waals surface area contributed by atoms with Gasteiger partial charge >= 0.3 is 0 Å². The molecule has 0 spiro atoms. The topological polar surface area (TPSA) is 64.7 Å². The molecule has 1 aliphatic heterocycles. The van der Waals surface area contributed by atoms with E-state index in [0.29, 0.717) is 29.9 Å². The summed E-state index contributed by atoms with van der Waals surface area (Å²) in [5.74, 6) is -0.355. The van der Waals surface area contributed by atoms with Crippen LogP contribution in [0.15, 0.2) is 53.0 Å². The predicted octanol–water partition coefficient (Wildman–Crippen LogP) is 2.96. The third-order valence-corrected chi connectivity index (χ3v) is 5.26. The van der Waals surface area contributed by atoms with Crippen molar-refractivity contribution in [1.82, 2.24) is 15.1 Å². The number of anilines is 1. The van der Waals surface area contributed by atoms with Gasteiger partial charge in [-0.15, -0.1) is 0 Å². The highest BCUT2D eigenvalue weighted by Gasteiger charge is 2.22. The fourth-order valence-corrected chi connectivity index (χ4v) is 3.36. The van der Waals surface area contributed by atoms with Crippen LogP contribution in [0.1, 0.15) is 20.7 Å². The Balaban J connectivity index is 1.67. The van der Waals surface area contributed by atoms with Crippen LogP contribution in [-0.2, 0) is 0 Å². The quantitative estimate of drug-likeness (QED) is 0.689. The van der Waals surface area contributed by atoms with Crippen LogP contribution < -0.4 is 10.6 Å². The third kappa shape index (κ3) is 5.15. The van der Waals surface area contributed by atoms with Crippen LogP contribution in [0.3, 0.4) is 0 Å². The van der Waals surface area contributed by atoms with Crippen LogP contribution in [0, 0.1) is 0 Å². The monoisotopic (exact) mass is 460 g/mol. The Morgan fingerprint density at radius 3 is 2.32 bits per heavy atom. The van der Waals surface area contributed by atoms with Crippen LogP contribution in [-0.4, -0.2) is 60.0 Å². The number of likely N-dealkylation sites (N-methyl/N-ethyl adjacent to an activating group) is 1. The van der Waals surface area contributed by atoms with Gasteiger partial charge in [0.25, 0.3) is 11.8 Å². The maximum absolute atomic E-state index is 12.9. The maximum atomic E-state index is 12.9. The Hall–Kier alpha value is -2.29. The zero-order valence-electron chi connectivity index (χ0n) is 15.4. The molecule has 2 N–H and O–H groups in total. The summed E-state index contributed by atoms with van der Waals surface area (Å²) in [7, 11) is 2.05. The summed E-state index contributed by atoms with van der Waals surface area (Å²) in [6, 6.07) is 14.2. The predicted molar refractivity (Wildman–Crippen MR) is 118 cm³/mol. The normalized spacial score (nSPS) is 14.4. The fourth-order valence-electron chi connectivity index (χ4n) is 2.89. The highest BCUT2D eigenvalue weighted by atomic mass is 79.9. The van der Waals surface area contributed by atoms with Crippen molar-refractivity contribution in [3.05, 3.63) is 64.1 Å². The average molecular weight is 461 g/mol. The van der Waals surface area contributed by atoms with Crippen molar-refractivity contribution in [2.45, 2.75) is 0 Å². The van der Waals surface area contributed by atoms with Gasteiger partial charge in [-0.1, -0.05) is 28.1 Å². The molecule has 1 saturated heterocycles. The summed E-state index contributed by atoms with van der Waals surface area (Å²) in [5, 5.41) is 5.78. The molecule has 0 unspecified atom stereocenters. The number of halogens is 1. The van der Waals surface area contributed by atoms with Crippen molar-refractivity contribution in [3.8, 4) is 0 Å². The van der Waals surface area contributed by atoms with Crippen molar-refractivity contribution >= 4 is 50.8 Å². The molecule has 2 aromatic rings. The zero-order chi connectivity index (χ0) is 20.1. The van der Waals surface area contributed by atoms with E-state index in [4.69, 9.17) is 12.2 Å². The summed E-state index contributed by atoms with van der Waals surface area (Å²) in [6.07, 6.45) is 0. The number of thiocarbonyl (C=S) groups is 1. The summed E-state index contributed by atoms with van der Waals surface area (Å²) < 4.78 is 0.890. The van der Waals surface area contributed by atoms with Gasteiger partial charge in [0.05, 0.1) is 11.3 Å². The van der Waals surface area contributed by atoms with Gasteiger partial charge in [0.2, 0.25) is 0 Å². The molecule has 0 atom stereocenters. The summed E-state index contributed by atoms with van der Waals surface area (Å²) in [6.45, 7) is 3.08. The molecule has 28 heavy (non-hydrogen) atoms. The van der Waals surface area contributed by atoms with Crippen molar-refractivity contribution in [2.75, 3.05) is 38.5 Å². The molecular weight excluding hydrogens is 440 g/mol. The minimum atomic E-state index is -0.312. The smallest absolute Gasteiger partial charge is 0.257 e. The SMILES string of the molecule is CN1CCN(C(=O)c2ccccc2NC(=S)NC(=O)c2ccc(Br)cc2)CC1. The van der Waals surface area contributed by atoms with Crippen LogP contribution in [0.5, 0.6) is 0 Å². The summed E-state index contributed by atoms with van der Waals surface area (Å²) in [5.41, 5.74) is 1.61. The molecule has 2 aromatic carbocycles. The number of nitrogens with zero attached hydrogens (tertiary/aromatic N) is 2. The van der Waals surface area contributed by atoms with Crippen LogP contribution in [0.2, 0.25) is 0 Å². The lowest BCUT2D eigenvalue weighted by Gasteiger charge is -2.32. The first-order chi connectivity index (χ1) is 13.4. The number of rotatable bonds is 3. The molecule has 6 nitrogen and oxygen atoms in total. The lowest BCUT2D eigenvalue weighted by atomic mass is 10.1. The minimum Gasteiger partial charge on any atom is -0.336 e. The molecule has 1 heterocycles. The van der Waals surface area contributed by atoms with Crippen molar-refractivity contribution in [2.24, 2.45) is 0 Å². The minimum absolute atomic E-state index is 0.0433. The van der Waals surface area contributed by atoms with Gasteiger partial charge in [-0.05, 0) is 55.7 Å². The van der Waals surface area contributed by atoms with Crippen LogP contribution in [0.25, 0.3) is 0 Å². The van der Waals surface area contributed by atoms with E-state index in [1.54, 1.807) is 36.4 Å². The van der Waals surface area contributed by atoms with E-state index in [1.165, 1.54) is 0 Å². The molecule has 0 bridgehead atoms. The lowest BCUT2D eigenvalue weighted by molar-refractivity contribution is 0.0665. The summed E-state index contributed by atoms with van der Waals surface area (Å²) in [4.78, 5) is 29.3. The first-order valence-electron chi connectivity index (χ1n) is 8.89. The van der Waals surface area contributed by atoms with Crippen molar-refractivity contribution < 1.29 is 9.59 Å². The highest BCUT2D eigenvalue weighted by Crippen LogP contribution is 2.18. The van der Waals surface area contributed by atoms with Crippen molar-refractivity contribution in [1.29, 1.82) is 0 Å². The van der Waals surface area contributed by atoms with Gasteiger partial charge in [-0.25, -0.2) is 0 Å². The number of nitrogens with one attached hydrogen (secondary N) is 2. The van der Waals surface area contributed by atoms with E-state index in [0.717, 1.165) is 17.6 Å². The molecule has 146 valence electrons. The number of carbonyl (C=O) groups is 2. The molecule has 8 heteroatoms. The van der Waals surface area contributed by atoms with E-state index in [9.17, 15) is 9.59 Å². The molecule has 0 aliphatic carbocycles. The molecule has 1 aliphatic rings. The Morgan fingerprint density at radius 2 is 1.64 bits per heavy atom. The van der Waals surface area contributed by atoms with E-state index in [-0.39, 0.29) is 16.9 Å². The standard InChI is InChI=1S/C20H21BrN4O2S/c1-24-10-12-25(13-11-24)19(27)16-4-2-3-5-17(16)22-20(28)23-18(26)14-6-8-15(21)9-7-14/h2-9H,10-13H2,1H3,(H2,22,23,26,28). The van der Waals surface area contributed by atoms with Gasteiger partial charge in [0.1, 0.15) is 0 Å². The third-order valence-electron chi connectivity index (χ3n) is 4.53. The Bertz CT molecular complexity index is 880. The number of carbonyl (C=O) groups excluding carboxylic acids is 2. The average Bonchev–Trinajstić information content (AvgIpc) is 2.69. The summed E-state index contributed by atoms with van der Waals surface area (Å²) >= 11 is 8.61. The Kier molecular flexibility index (Phi) is 6.77. The van der Waals surface area contributed by atoms with Gasteiger partial charge in [0, 0.05) is 36.2 Å². The number of amides is 2. The Morgan fingerprint density at radius 1 is 1.00 bits per heavy atom. The van der Waals surface area contributed by atoms with Gasteiger partial charge < -0.3 is 15.1 Å². The maximum Gasteiger partial charge on any atom is 0.257 e. The van der Waals surface area contributed by atoms with Crippen molar-refractivity contribution in [3.63, 3.8) is 0 Å². The molecular formula is C20H21BrN4O2S. The lowest BCUT2D eigenvalue weighted by Crippen LogP contribution is -2.47. The Labute approximate surface area is 178 Å². The van der Waals surface area contributed by atoms with E-state index < -0.39 is 0 Å².